The first kappa shape index (κ1) is 25.4. The molecular weight excluding hydrogens is 496 g/mol. The molecule has 0 spiro atoms. The summed E-state index contributed by atoms with van der Waals surface area (Å²) < 4.78 is 21.1. The molecule has 188 valence electrons. The van der Waals surface area contributed by atoms with Gasteiger partial charge in [-0.05, 0) is 37.8 Å². The van der Waals surface area contributed by atoms with Crippen LogP contribution >= 0.6 is 23.2 Å². The molecule has 0 saturated carbocycles. The van der Waals surface area contributed by atoms with E-state index in [1.807, 2.05) is 4.57 Å². The molecule has 9 nitrogen and oxygen atoms in total. The number of aromatic nitrogens is 4. The van der Waals surface area contributed by atoms with E-state index in [0.29, 0.717) is 48.4 Å². The number of carbonyl (C=O) groups is 1. The third-order valence-electron chi connectivity index (χ3n) is 5.94. The number of hydrogen-bond donors (Lipinski definition) is 3. The van der Waals surface area contributed by atoms with E-state index in [9.17, 15) is 9.18 Å². The van der Waals surface area contributed by atoms with Gasteiger partial charge >= 0.3 is 0 Å². The van der Waals surface area contributed by atoms with Gasteiger partial charge in [-0.2, -0.15) is 4.98 Å². The Kier molecular flexibility index (Phi) is 8.25. The number of imidazole rings is 1. The number of hydrogen-bond acceptors (Lipinski definition) is 7. The summed E-state index contributed by atoms with van der Waals surface area (Å²) in [4.78, 5) is 25.5. The van der Waals surface area contributed by atoms with Crippen LogP contribution in [0.25, 0.3) is 11.2 Å². The van der Waals surface area contributed by atoms with Crippen LogP contribution in [0.4, 0.5) is 22.0 Å². The number of nitrogens with two attached hydrogens (primary N) is 1. The van der Waals surface area contributed by atoms with Gasteiger partial charge in [0.05, 0.1) is 21.9 Å². The highest BCUT2D eigenvalue weighted by molar-refractivity contribution is 6.39. The molecule has 3 aromatic rings. The van der Waals surface area contributed by atoms with E-state index in [0.717, 1.165) is 25.7 Å². The lowest BCUT2D eigenvalue weighted by atomic mass is 10.1. The van der Waals surface area contributed by atoms with Crippen molar-refractivity contribution in [2.75, 3.05) is 23.8 Å². The summed E-state index contributed by atoms with van der Waals surface area (Å²) in [6.07, 6.45) is 5.71. The van der Waals surface area contributed by atoms with Crippen molar-refractivity contribution in [2.45, 2.75) is 57.5 Å². The number of fused-ring (bicyclic) bond motifs is 1. The molecule has 3 heterocycles. The zero-order valence-corrected chi connectivity index (χ0v) is 20.9. The molecule has 35 heavy (non-hydrogen) atoms. The normalized spacial score (nSPS) is 15.3. The number of ether oxygens (including phenoxy) is 1. The monoisotopic (exact) mass is 523 g/mol. The summed E-state index contributed by atoms with van der Waals surface area (Å²) in [5.74, 6) is -0.0267. The van der Waals surface area contributed by atoms with Gasteiger partial charge in [0.15, 0.2) is 5.65 Å². The maximum Gasteiger partial charge on any atom is 0.224 e. The number of halogens is 3. The second-order valence-corrected chi connectivity index (χ2v) is 9.37. The van der Waals surface area contributed by atoms with Crippen molar-refractivity contribution in [1.82, 2.24) is 19.5 Å². The van der Waals surface area contributed by atoms with Crippen LogP contribution in [0.2, 0.25) is 10.0 Å². The summed E-state index contributed by atoms with van der Waals surface area (Å²) in [5.41, 5.74) is 6.92. The molecule has 1 aromatic carbocycles. The Morgan fingerprint density at radius 3 is 2.63 bits per heavy atom. The highest BCUT2D eigenvalue weighted by Crippen LogP contribution is 2.36. The molecular formula is C23H28Cl2FN7O2. The number of benzene rings is 1. The van der Waals surface area contributed by atoms with Crippen molar-refractivity contribution in [2.24, 2.45) is 5.73 Å². The van der Waals surface area contributed by atoms with E-state index in [4.69, 9.17) is 38.7 Å². The summed E-state index contributed by atoms with van der Waals surface area (Å²) in [6.45, 7) is 3.44. The van der Waals surface area contributed by atoms with E-state index in [1.165, 1.54) is 12.1 Å². The smallest absolute Gasteiger partial charge is 0.224 e. The molecule has 1 amide bonds. The zero-order chi connectivity index (χ0) is 24.9. The fourth-order valence-electron chi connectivity index (χ4n) is 4.24. The van der Waals surface area contributed by atoms with Crippen molar-refractivity contribution >= 4 is 57.9 Å². The maximum absolute atomic E-state index is 13.7. The largest absolute Gasteiger partial charge is 0.381 e. The maximum atomic E-state index is 13.7. The molecule has 1 aliphatic rings. The SMILES string of the molecule is CCC[C@@H](CCC(N)=O)n1c(Nc2c(Cl)cc(F)cc2Cl)nc2cnc(NC3CCOCC3)nc21. The zero-order valence-electron chi connectivity index (χ0n) is 19.4. The third kappa shape index (κ3) is 6.12. The van der Waals surface area contributed by atoms with Crippen LogP contribution in [0.1, 0.15) is 51.5 Å². The predicted octanol–water partition coefficient (Wildman–Crippen LogP) is 5.21. The number of nitrogens with zero attached hydrogens (tertiary/aromatic N) is 4. The fourth-order valence-corrected chi connectivity index (χ4v) is 4.79. The van der Waals surface area contributed by atoms with Crippen LogP contribution in [0.15, 0.2) is 18.3 Å². The Bertz CT molecular complexity index is 1180. The Labute approximate surface area is 212 Å². The van der Waals surface area contributed by atoms with Gasteiger partial charge in [0.2, 0.25) is 17.8 Å². The molecule has 0 unspecified atom stereocenters. The number of rotatable bonds is 10. The van der Waals surface area contributed by atoms with Gasteiger partial charge in [0, 0.05) is 31.7 Å². The molecule has 1 saturated heterocycles. The molecule has 1 aliphatic heterocycles. The van der Waals surface area contributed by atoms with E-state index in [-0.39, 0.29) is 34.5 Å². The summed E-state index contributed by atoms with van der Waals surface area (Å²) in [7, 11) is 0. The average Bonchev–Trinajstić information content (AvgIpc) is 3.17. The average molecular weight is 524 g/mol. The van der Waals surface area contributed by atoms with Crippen LogP contribution < -0.4 is 16.4 Å². The third-order valence-corrected chi connectivity index (χ3v) is 6.54. The summed E-state index contributed by atoms with van der Waals surface area (Å²) >= 11 is 12.6. The minimum Gasteiger partial charge on any atom is -0.381 e. The molecule has 0 bridgehead atoms. The minimum absolute atomic E-state index is 0.116. The Hall–Kier alpha value is -2.69. The van der Waals surface area contributed by atoms with Crippen LogP contribution in [-0.2, 0) is 9.53 Å². The molecule has 1 fully saturated rings. The first-order valence-corrected chi connectivity index (χ1v) is 12.4. The number of anilines is 3. The van der Waals surface area contributed by atoms with E-state index >= 15 is 0 Å². The minimum atomic E-state index is -0.543. The van der Waals surface area contributed by atoms with E-state index in [2.05, 4.69) is 27.5 Å². The molecule has 12 heteroatoms. The lowest BCUT2D eigenvalue weighted by Crippen LogP contribution is -2.28. The Morgan fingerprint density at radius 2 is 1.97 bits per heavy atom. The van der Waals surface area contributed by atoms with Crippen LogP contribution in [0, 0.1) is 5.82 Å². The quantitative estimate of drug-likeness (QED) is 0.333. The second-order valence-electron chi connectivity index (χ2n) is 8.56. The number of carbonyl (C=O) groups excluding carboxylic acids is 1. The van der Waals surface area contributed by atoms with Gasteiger partial charge < -0.3 is 21.1 Å². The number of amides is 1. The van der Waals surface area contributed by atoms with Gasteiger partial charge in [-0.25, -0.2) is 14.4 Å². The summed E-state index contributed by atoms with van der Waals surface area (Å²) in [6, 6.07) is 2.43. The van der Waals surface area contributed by atoms with Crippen molar-refractivity contribution < 1.29 is 13.9 Å². The molecule has 1 atom stereocenters. The molecule has 4 N–H and O–H groups in total. The van der Waals surface area contributed by atoms with Crippen LogP contribution in [-0.4, -0.2) is 44.7 Å². The highest BCUT2D eigenvalue weighted by atomic mass is 35.5. The van der Waals surface area contributed by atoms with E-state index in [1.54, 1.807) is 6.20 Å². The molecule has 4 rings (SSSR count). The fraction of sp³-hybridized carbons (Fsp3) is 0.478. The Balaban J connectivity index is 1.77. The van der Waals surface area contributed by atoms with Gasteiger partial charge in [-0.15, -0.1) is 0 Å². The van der Waals surface area contributed by atoms with Crippen molar-refractivity contribution in [3.8, 4) is 0 Å². The van der Waals surface area contributed by atoms with Crippen molar-refractivity contribution in [3.05, 3.63) is 34.2 Å². The van der Waals surface area contributed by atoms with Crippen molar-refractivity contribution in [1.29, 1.82) is 0 Å². The Morgan fingerprint density at radius 1 is 1.26 bits per heavy atom. The topological polar surface area (TPSA) is 120 Å². The first-order chi connectivity index (χ1) is 16.9. The lowest BCUT2D eigenvalue weighted by Gasteiger charge is -2.23. The highest BCUT2D eigenvalue weighted by Gasteiger charge is 2.24. The molecule has 0 radical (unpaired) electrons. The van der Waals surface area contributed by atoms with Crippen LogP contribution in [0.5, 0.6) is 0 Å². The van der Waals surface area contributed by atoms with Gasteiger partial charge in [-0.1, -0.05) is 36.5 Å². The van der Waals surface area contributed by atoms with Crippen LogP contribution in [0.3, 0.4) is 0 Å². The van der Waals surface area contributed by atoms with Gasteiger partial charge in [0.1, 0.15) is 11.3 Å². The van der Waals surface area contributed by atoms with Gasteiger partial charge in [0.25, 0.3) is 0 Å². The van der Waals surface area contributed by atoms with Gasteiger partial charge in [-0.3, -0.25) is 9.36 Å². The number of nitrogens with one attached hydrogen (secondary N) is 2. The van der Waals surface area contributed by atoms with Crippen molar-refractivity contribution in [3.63, 3.8) is 0 Å². The van der Waals surface area contributed by atoms with E-state index < -0.39 is 5.82 Å². The molecule has 0 aliphatic carbocycles. The summed E-state index contributed by atoms with van der Waals surface area (Å²) in [5, 5.41) is 6.77. The lowest BCUT2D eigenvalue weighted by molar-refractivity contribution is -0.118. The first-order valence-electron chi connectivity index (χ1n) is 11.6. The second kappa shape index (κ2) is 11.4. The predicted molar refractivity (Wildman–Crippen MR) is 135 cm³/mol. The molecule has 2 aromatic heterocycles. The standard InChI is InChI=1S/C23H28Cl2FN7O2/c1-2-3-15(4-5-19(27)34)33-21-18(12-28-22(32-21)29-14-6-8-35-9-7-14)30-23(33)31-20-16(24)10-13(26)11-17(20)25/h10-12,14-15H,2-9H2,1H3,(H2,27,34)(H,30,31)(H,28,29,32)/t15-/m0/s1. The number of primary amides is 1.